The van der Waals surface area contributed by atoms with Crippen LogP contribution >= 0.6 is 0 Å². The molecule has 154 valence electrons. The van der Waals surface area contributed by atoms with E-state index < -0.39 is 15.8 Å². The molecule has 1 aromatic heterocycles. The van der Waals surface area contributed by atoms with E-state index >= 15 is 0 Å². The summed E-state index contributed by atoms with van der Waals surface area (Å²) in [7, 11) is 1.20. The number of rotatable bonds is 6. The standard InChI is InChI=1S/C20H23FN4O3S/c1-13-5-7-16(15(21)11-13)23-20(26)10-9-19-22-17-12-14(29(27,28)24(2)3)6-8-18(17)25(19)4/h5-8,11-12H,9-10H2,1-4H3,(H,23,26). The number of anilines is 1. The van der Waals surface area contributed by atoms with Crippen LogP contribution in [0.1, 0.15) is 17.8 Å². The summed E-state index contributed by atoms with van der Waals surface area (Å²) in [6.07, 6.45) is 0.452. The Morgan fingerprint density at radius 3 is 2.59 bits per heavy atom. The Hall–Kier alpha value is -2.78. The third kappa shape index (κ3) is 4.30. The number of hydrogen-bond acceptors (Lipinski definition) is 4. The van der Waals surface area contributed by atoms with Gasteiger partial charge in [0.1, 0.15) is 11.6 Å². The number of amides is 1. The summed E-state index contributed by atoms with van der Waals surface area (Å²) in [5.74, 6) is -0.162. The first kappa shape index (κ1) is 20.9. The number of nitrogens with one attached hydrogen (secondary N) is 1. The first-order valence-corrected chi connectivity index (χ1v) is 10.5. The highest BCUT2D eigenvalue weighted by Crippen LogP contribution is 2.22. The molecule has 0 unspecified atom stereocenters. The summed E-state index contributed by atoms with van der Waals surface area (Å²) in [4.78, 5) is 16.8. The second-order valence-corrected chi connectivity index (χ2v) is 9.21. The summed E-state index contributed by atoms with van der Waals surface area (Å²) in [5, 5.41) is 2.57. The van der Waals surface area contributed by atoms with Crippen molar-refractivity contribution in [1.82, 2.24) is 13.9 Å². The van der Waals surface area contributed by atoms with Gasteiger partial charge in [-0.2, -0.15) is 0 Å². The van der Waals surface area contributed by atoms with E-state index in [-0.39, 0.29) is 22.9 Å². The smallest absolute Gasteiger partial charge is 0.242 e. The van der Waals surface area contributed by atoms with Crippen LogP contribution < -0.4 is 5.32 Å². The number of halogens is 1. The highest BCUT2D eigenvalue weighted by atomic mass is 32.2. The fourth-order valence-corrected chi connectivity index (χ4v) is 3.91. The van der Waals surface area contributed by atoms with E-state index in [1.54, 1.807) is 19.1 Å². The maximum atomic E-state index is 13.9. The van der Waals surface area contributed by atoms with Gasteiger partial charge in [0.15, 0.2) is 0 Å². The molecule has 0 saturated heterocycles. The monoisotopic (exact) mass is 418 g/mol. The molecule has 0 saturated carbocycles. The zero-order chi connectivity index (χ0) is 21.3. The lowest BCUT2D eigenvalue weighted by atomic mass is 10.2. The fraction of sp³-hybridized carbons (Fsp3) is 0.300. The number of benzene rings is 2. The van der Waals surface area contributed by atoms with E-state index in [1.807, 2.05) is 11.6 Å². The molecule has 0 aliphatic rings. The zero-order valence-electron chi connectivity index (χ0n) is 16.7. The number of hydrogen-bond donors (Lipinski definition) is 1. The molecule has 3 rings (SSSR count). The number of carbonyl (C=O) groups excluding carboxylic acids is 1. The molecular weight excluding hydrogens is 395 g/mol. The third-order valence-electron chi connectivity index (χ3n) is 4.70. The molecule has 2 aromatic carbocycles. The number of fused-ring (bicyclic) bond motifs is 1. The Balaban J connectivity index is 1.76. The van der Waals surface area contributed by atoms with Crippen LogP contribution in [0.3, 0.4) is 0 Å². The topological polar surface area (TPSA) is 84.3 Å². The van der Waals surface area contributed by atoms with Crippen molar-refractivity contribution in [1.29, 1.82) is 0 Å². The van der Waals surface area contributed by atoms with Gasteiger partial charge in [0.2, 0.25) is 15.9 Å². The van der Waals surface area contributed by atoms with Gasteiger partial charge in [-0.05, 0) is 42.8 Å². The highest BCUT2D eigenvalue weighted by molar-refractivity contribution is 7.89. The Morgan fingerprint density at radius 2 is 1.93 bits per heavy atom. The molecule has 7 nitrogen and oxygen atoms in total. The van der Waals surface area contributed by atoms with Gasteiger partial charge >= 0.3 is 0 Å². The average Bonchev–Trinajstić information content (AvgIpc) is 2.97. The number of sulfonamides is 1. The summed E-state index contributed by atoms with van der Waals surface area (Å²) < 4.78 is 41.5. The molecule has 3 aromatic rings. The van der Waals surface area contributed by atoms with E-state index in [9.17, 15) is 17.6 Å². The van der Waals surface area contributed by atoms with Crippen molar-refractivity contribution in [3.63, 3.8) is 0 Å². The molecule has 1 heterocycles. The molecule has 29 heavy (non-hydrogen) atoms. The van der Waals surface area contributed by atoms with Crippen LogP contribution in [0.2, 0.25) is 0 Å². The van der Waals surface area contributed by atoms with Gasteiger partial charge in [0, 0.05) is 34.0 Å². The molecule has 0 spiro atoms. The molecule has 1 N–H and O–H groups in total. The average molecular weight is 418 g/mol. The number of aromatic nitrogens is 2. The maximum Gasteiger partial charge on any atom is 0.242 e. The van der Waals surface area contributed by atoms with Crippen molar-refractivity contribution >= 4 is 32.7 Å². The lowest BCUT2D eigenvalue weighted by molar-refractivity contribution is -0.116. The first-order chi connectivity index (χ1) is 13.6. The second kappa shape index (κ2) is 7.92. The minimum atomic E-state index is -3.56. The second-order valence-electron chi connectivity index (χ2n) is 7.06. The zero-order valence-corrected chi connectivity index (χ0v) is 17.5. The summed E-state index contributed by atoms with van der Waals surface area (Å²) >= 11 is 0. The molecule has 0 aliphatic heterocycles. The van der Waals surface area contributed by atoms with Crippen molar-refractivity contribution in [2.75, 3.05) is 19.4 Å². The molecule has 0 bridgehead atoms. The van der Waals surface area contributed by atoms with Crippen LogP contribution in [0, 0.1) is 12.7 Å². The molecule has 0 fully saturated rings. The molecule has 0 aliphatic carbocycles. The van der Waals surface area contributed by atoms with Gasteiger partial charge in [-0.3, -0.25) is 4.79 Å². The molecule has 9 heteroatoms. The van der Waals surface area contributed by atoms with Crippen molar-refractivity contribution in [3.05, 3.63) is 53.6 Å². The third-order valence-corrected chi connectivity index (χ3v) is 6.51. The van der Waals surface area contributed by atoms with Gasteiger partial charge in [-0.15, -0.1) is 0 Å². The van der Waals surface area contributed by atoms with E-state index in [0.29, 0.717) is 17.8 Å². The van der Waals surface area contributed by atoms with Crippen LogP contribution in [0.25, 0.3) is 11.0 Å². The van der Waals surface area contributed by atoms with E-state index in [0.717, 1.165) is 15.4 Å². The summed E-state index contributed by atoms with van der Waals surface area (Å²) in [5.41, 5.74) is 2.22. The summed E-state index contributed by atoms with van der Waals surface area (Å²) in [6.45, 7) is 1.77. The largest absolute Gasteiger partial charge is 0.331 e. The maximum absolute atomic E-state index is 13.9. The van der Waals surface area contributed by atoms with Crippen LogP contribution in [-0.2, 0) is 28.3 Å². The Bertz CT molecular complexity index is 1190. The molecule has 0 radical (unpaired) electrons. The number of carbonyl (C=O) groups is 1. The van der Waals surface area contributed by atoms with Crippen molar-refractivity contribution < 1.29 is 17.6 Å². The van der Waals surface area contributed by atoms with E-state index in [2.05, 4.69) is 10.3 Å². The van der Waals surface area contributed by atoms with Crippen molar-refractivity contribution in [2.24, 2.45) is 7.05 Å². The SMILES string of the molecule is Cc1ccc(NC(=O)CCc2nc3cc(S(=O)(=O)N(C)C)ccc3n2C)c(F)c1. The van der Waals surface area contributed by atoms with Crippen LogP contribution in [0.15, 0.2) is 41.3 Å². The van der Waals surface area contributed by atoms with Gasteiger partial charge in [-0.25, -0.2) is 22.1 Å². The number of aryl methyl sites for hydroxylation is 3. The first-order valence-electron chi connectivity index (χ1n) is 9.03. The van der Waals surface area contributed by atoms with Gasteiger partial charge in [0.25, 0.3) is 0 Å². The minimum absolute atomic E-state index is 0.118. The number of imidazole rings is 1. The summed E-state index contributed by atoms with van der Waals surface area (Å²) in [6, 6.07) is 9.38. The highest BCUT2D eigenvalue weighted by Gasteiger charge is 2.19. The molecule has 0 atom stereocenters. The van der Waals surface area contributed by atoms with Crippen LogP contribution in [-0.4, -0.2) is 42.3 Å². The number of nitrogens with zero attached hydrogens (tertiary/aromatic N) is 3. The normalized spacial score (nSPS) is 11.9. The van der Waals surface area contributed by atoms with Crippen molar-refractivity contribution in [3.8, 4) is 0 Å². The molecule has 1 amide bonds. The Morgan fingerprint density at radius 1 is 1.21 bits per heavy atom. The van der Waals surface area contributed by atoms with Gasteiger partial charge in [0.05, 0.1) is 21.6 Å². The lowest BCUT2D eigenvalue weighted by Gasteiger charge is -2.10. The predicted molar refractivity (Wildman–Crippen MR) is 110 cm³/mol. The van der Waals surface area contributed by atoms with E-state index in [1.165, 1.54) is 38.4 Å². The van der Waals surface area contributed by atoms with Gasteiger partial charge in [-0.1, -0.05) is 6.07 Å². The fourth-order valence-electron chi connectivity index (χ4n) is 2.98. The predicted octanol–water partition coefficient (Wildman–Crippen LogP) is 2.84. The minimum Gasteiger partial charge on any atom is -0.331 e. The van der Waals surface area contributed by atoms with Crippen LogP contribution in [0.5, 0.6) is 0 Å². The lowest BCUT2D eigenvalue weighted by Crippen LogP contribution is -2.22. The Labute approximate surface area is 169 Å². The Kier molecular flexibility index (Phi) is 5.72. The van der Waals surface area contributed by atoms with Crippen molar-refractivity contribution in [2.45, 2.75) is 24.7 Å². The van der Waals surface area contributed by atoms with Gasteiger partial charge < -0.3 is 9.88 Å². The quantitative estimate of drug-likeness (QED) is 0.667. The van der Waals surface area contributed by atoms with E-state index in [4.69, 9.17) is 0 Å². The van der Waals surface area contributed by atoms with Crippen LogP contribution in [0.4, 0.5) is 10.1 Å². The molecular formula is C20H23FN4O3S.